The number of methoxy groups -OCH3 is 1. The third-order valence-corrected chi connectivity index (χ3v) is 2.75. The summed E-state index contributed by atoms with van der Waals surface area (Å²) in [7, 11) is 1.41. The molecule has 1 rings (SSSR count). The number of hydrogen-bond acceptors (Lipinski definition) is 2. The van der Waals surface area contributed by atoms with Gasteiger partial charge in [-0.15, -0.1) is 0 Å². The predicted molar refractivity (Wildman–Crippen MR) is 60.5 cm³/mol. The van der Waals surface area contributed by atoms with Crippen LogP contribution < -0.4 is 4.74 Å². The van der Waals surface area contributed by atoms with E-state index in [-0.39, 0.29) is 23.1 Å². The van der Waals surface area contributed by atoms with Crippen LogP contribution in [0.15, 0.2) is 18.2 Å². The van der Waals surface area contributed by atoms with Gasteiger partial charge in [-0.05, 0) is 17.7 Å². The van der Waals surface area contributed by atoms with Crippen LogP contribution in [0.5, 0.6) is 5.75 Å². The first-order valence-electron chi connectivity index (χ1n) is 4.61. The van der Waals surface area contributed by atoms with E-state index in [1.165, 1.54) is 19.2 Å². The van der Waals surface area contributed by atoms with Crippen molar-refractivity contribution in [2.24, 2.45) is 0 Å². The normalized spacial score (nSPS) is 10.6. The van der Waals surface area contributed by atoms with Crippen LogP contribution in [-0.2, 0) is 11.2 Å². The van der Waals surface area contributed by atoms with Crippen LogP contribution in [0.2, 0.25) is 0 Å². The molecule has 0 amide bonds. The van der Waals surface area contributed by atoms with Crippen LogP contribution in [0.3, 0.4) is 0 Å². The van der Waals surface area contributed by atoms with Gasteiger partial charge < -0.3 is 4.74 Å². The third-order valence-electron chi connectivity index (χ3n) is 2.12. The Kier molecular flexibility index (Phi) is 4.86. The van der Waals surface area contributed by atoms with Crippen LogP contribution in [0, 0.1) is 0 Å². The summed E-state index contributed by atoms with van der Waals surface area (Å²) in [4.78, 5) is 11.2. The molecule has 5 heteroatoms. The van der Waals surface area contributed by atoms with E-state index in [0.717, 1.165) is 0 Å². The number of hydrogen-bond donors (Lipinski definition) is 0. The molecule has 0 saturated carbocycles. The summed E-state index contributed by atoms with van der Waals surface area (Å²) in [6.07, 6.45) is -2.59. The third kappa shape index (κ3) is 3.27. The smallest absolute Gasteiger partial charge is 0.264 e. The molecule has 0 aromatic heterocycles. The van der Waals surface area contributed by atoms with E-state index in [2.05, 4.69) is 15.9 Å². The Morgan fingerprint density at radius 1 is 1.50 bits per heavy atom. The summed E-state index contributed by atoms with van der Waals surface area (Å²) < 4.78 is 30.3. The Morgan fingerprint density at radius 3 is 2.69 bits per heavy atom. The van der Waals surface area contributed by atoms with E-state index >= 15 is 0 Å². The maximum absolute atomic E-state index is 12.7. The van der Waals surface area contributed by atoms with Gasteiger partial charge in [0.25, 0.3) is 6.43 Å². The molecule has 1 aromatic rings. The van der Waals surface area contributed by atoms with Gasteiger partial charge in [-0.3, -0.25) is 4.79 Å². The highest BCUT2D eigenvalue weighted by Crippen LogP contribution is 2.27. The van der Waals surface area contributed by atoms with Crippen LogP contribution in [0.1, 0.15) is 17.6 Å². The van der Waals surface area contributed by atoms with Crippen molar-refractivity contribution >= 4 is 21.7 Å². The SMILES string of the molecule is COc1ccc(CC(=O)CBr)c(C(F)F)c1. The fourth-order valence-corrected chi connectivity index (χ4v) is 1.52. The number of rotatable bonds is 5. The average Bonchev–Trinajstić information content (AvgIpc) is 2.29. The van der Waals surface area contributed by atoms with Crippen LogP contribution in [-0.4, -0.2) is 18.2 Å². The zero-order valence-electron chi connectivity index (χ0n) is 8.67. The monoisotopic (exact) mass is 292 g/mol. The molecule has 0 atom stereocenters. The Balaban J connectivity index is 3.03. The quantitative estimate of drug-likeness (QED) is 0.780. The standard InChI is InChI=1S/C11H11BrF2O2/c1-16-9-3-2-7(4-8(15)6-12)10(5-9)11(13)14/h2-3,5,11H,4,6H2,1H3. The second kappa shape index (κ2) is 5.94. The number of halogens is 3. The Morgan fingerprint density at radius 2 is 2.19 bits per heavy atom. The summed E-state index contributed by atoms with van der Waals surface area (Å²) in [5, 5.41) is 0.168. The fourth-order valence-electron chi connectivity index (χ4n) is 1.32. The molecule has 0 aliphatic rings. The molecule has 0 radical (unpaired) electrons. The molecular weight excluding hydrogens is 282 g/mol. The number of alkyl halides is 3. The summed E-state index contributed by atoms with van der Waals surface area (Å²) >= 11 is 3.00. The van der Waals surface area contributed by atoms with Gasteiger partial charge in [0.1, 0.15) is 11.5 Å². The zero-order chi connectivity index (χ0) is 12.1. The molecule has 0 bridgehead atoms. The summed E-state index contributed by atoms with van der Waals surface area (Å²) in [5.74, 6) is 0.234. The number of Topliss-reactive ketones (excluding diaryl/α,β-unsaturated/α-hetero) is 1. The Bertz CT molecular complexity index is 380. The zero-order valence-corrected chi connectivity index (χ0v) is 10.3. The lowest BCUT2D eigenvalue weighted by Gasteiger charge is -2.09. The molecule has 0 aliphatic carbocycles. The molecule has 0 fully saturated rings. The number of ether oxygens (including phenoxy) is 1. The van der Waals surface area contributed by atoms with Crippen molar-refractivity contribution in [1.29, 1.82) is 0 Å². The second-order valence-corrected chi connectivity index (χ2v) is 3.78. The first kappa shape index (κ1) is 13.1. The minimum absolute atomic E-state index is 0.00885. The van der Waals surface area contributed by atoms with E-state index in [0.29, 0.717) is 11.3 Å². The van der Waals surface area contributed by atoms with Gasteiger partial charge in [0.2, 0.25) is 0 Å². The first-order chi connectivity index (χ1) is 7.58. The van der Waals surface area contributed by atoms with Crippen LogP contribution in [0.4, 0.5) is 8.78 Å². The van der Waals surface area contributed by atoms with E-state index in [4.69, 9.17) is 4.74 Å². The molecule has 0 unspecified atom stereocenters. The molecule has 0 saturated heterocycles. The fraction of sp³-hybridized carbons (Fsp3) is 0.364. The van der Waals surface area contributed by atoms with Crippen molar-refractivity contribution in [3.8, 4) is 5.75 Å². The molecule has 0 aliphatic heterocycles. The molecule has 2 nitrogen and oxygen atoms in total. The number of carbonyl (C=O) groups excluding carboxylic acids is 1. The topological polar surface area (TPSA) is 26.3 Å². The molecule has 1 aromatic carbocycles. The van der Waals surface area contributed by atoms with Gasteiger partial charge >= 0.3 is 0 Å². The first-order valence-corrected chi connectivity index (χ1v) is 5.73. The molecule has 16 heavy (non-hydrogen) atoms. The van der Waals surface area contributed by atoms with Crippen LogP contribution in [0.25, 0.3) is 0 Å². The lowest BCUT2D eigenvalue weighted by atomic mass is 10.0. The van der Waals surface area contributed by atoms with E-state index < -0.39 is 6.43 Å². The van der Waals surface area contributed by atoms with Gasteiger partial charge in [0, 0.05) is 12.0 Å². The van der Waals surface area contributed by atoms with E-state index in [1.807, 2.05) is 0 Å². The van der Waals surface area contributed by atoms with Gasteiger partial charge in [0.05, 0.1) is 12.4 Å². The molecule has 0 spiro atoms. The number of benzene rings is 1. The average molecular weight is 293 g/mol. The minimum atomic E-state index is -2.60. The number of carbonyl (C=O) groups is 1. The Labute approximate surface area is 101 Å². The van der Waals surface area contributed by atoms with Crippen molar-refractivity contribution in [2.75, 3.05) is 12.4 Å². The maximum Gasteiger partial charge on any atom is 0.264 e. The van der Waals surface area contributed by atoms with Gasteiger partial charge in [0.15, 0.2) is 0 Å². The van der Waals surface area contributed by atoms with Crippen molar-refractivity contribution in [3.05, 3.63) is 29.3 Å². The van der Waals surface area contributed by atoms with Crippen LogP contribution >= 0.6 is 15.9 Å². The summed E-state index contributed by atoms with van der Waals surface area (Å²) in [5.41, 5.74) is 0.203. The second-order valence-electron chi connectivity index (χ2n) is 3.21. The highest BCUT2D eigenvalue weighted by molar-refractivity contribution is 9.09. The van der Waals surface area contributed by atoms with Gasteiger partial charge in [-0.2, -0.15) is 0 Å². The summed E-state index contributed by atoms with van der Waals surface area (Å²) in [6, 6.07) is 4.34. The van der Waals surface area contributed by atoms with E-state index in [1.54, 1.807) is 6.07 Å². The van der Waals surface area contributed by atoms with Crippen molar-refractivity contribution in [2.45, 2.75) is 12.8 Å². The van der Waals surface area contributed by atoms with Gasteiger partial charge in [-0.1, -0.05) is 22.0 Å². The van der Waals surface area contributed by atoms with Crippen molar-refractivity contribution < 1.29 is 18.3 Å². The molecular formula is C11H11BrF2O2. The molecule has 88 valence electrons. The molecule has 0 N–H and O–H groups in total. The Hall–Kier alpha value is -0.970. The molecule has 0 heterocycles. The van der Waals surface area contributed by atoms with Crippen molar-refractivity contribution in [1.82, 2.24) is 0 Å². The number of ketones is 1. The maximum atomic E-state index is 12.7. The van der Waals surface area contributed by atoms with E-state index in [9.17, 15) is 13.6 Å². The minimum Gasteiger partial charge on any atom is -0.497 e. The predicted octanol–water partition coefficient (Wildman–Crippen LogP) is 3.14. The highest BCUT2D eigenvalue weighted by Gasteiger charge is 2.15. The largest absolute Gasteiger partial charge is 0.497 e. The lowest BCUT2D eigenvalue weighted by Crippen LogP contribution is -2.06. The summed E-state index contributed by atoms with van der Waals surface area (Å²) in [6.45, 7) is 0. The lowest BCUT2D eigenvalue weighted by molar-refractivity contribution is -0.115. The van der Waals surface area contributed by atoms with Gasteiger partial charge in [-0.25, -0.2) is 8.78 Å². The highest BCUT2D eigenvalue weighted by atomic mass is 79.9. The van der Waals surface area contributed by atoms with Crippen molar-refractivity contribution in [3.63, 3.8) is 0 Å².